The van der Waals surface area contributed by atoms with Crippen molar-refractivity contribution in [2.24, 2.45) is 0 Å². The Morgan fingerprint density at radius 3 is 1.59 bits per heavy atom. The van der Waals surface area contributed by atoms with Crippen LogP contribution in [0.15, 0.2) is 49.3 Å². The molecule has 6 N–H and O–H groups in total. The number of rotatable bonds is 11. The standard InChI is InChI=1S/C21H24ClFN6O.C20H22ClFN6O/c1-2-4-18(30)27-13-5-3-6-14(8-13)28-21-17(23)11-26-20(29-21)16-10-25-19-15(16)7-12(22)9-24-19;1-2-17(29)26-12-4-3-5-13(7-12)27-20-16(22)10-25-19(28-20)15-9-24-18-14(15)6-11(21)8-23-18/h7,9-11,13-14H,2-6,8H2,1H3,(H,24,25)(H,27,30)(H,26,28,29);6,8-10,12-13H,2-5,7H2,1H3,(H,23,24)(H,26,29)(H,25,27,28). The van der Waals surface area contributed by atoms with E-state index in [1.807, 2.05) is 13.8 Å². The molecule has 0 saturated heterocycles. The molecule has 6 aromatic heterocycles. The average molecular weight is 848 g/mol. The van der Waals surface area contributed by atoms with Crippen molar-refractivity contribution in [3.63, 3.8) is 0 Å². The molecule has 2 amide bonds. The van der Waals surface area contributed by atoms with E-state index in [1.165, 1.54) is 12.4 Å². The van der Waals surface area contributed by atoms with Crippen LogP contribution < -0.4 is 21.3 Å². The van der Waals surface area contributed by atoms with Gasteiger partial charge in [0.15, 0.2) is 34.9 Å². The number of nitrogens with one attached hydrogen (secondary N) is 6. The smallest absolute Gasteiger partial charge is 0.220 e. The molecule has 6 heterocycles. The zero-order chi connectivity index (χ0) is 41.5. The van der Waals surface area contributed by atoms with E-state index < -0.39 is 11.6 Å². The minimum Gasteiger partial charge on any atom is -0.365 e. The summed E-state index contributed by atoms with van der Waals surface area (Å²) in [5.74, 6) is 0.190. The van der Waals surface area contributed by atoms with Crippen molar-refractivity contribution in [3.8, 4) is 22.8 Å². The minimum atomic E-state index is -0.510. The number of hydrogen-bond donors (Lipinski definition) is 6. The van der Waals surface area contributed by atoms with Gasteiger partial charge in [-0.25, -0.2) is 38.7 Å². The first-order valence-electron chi connectivity index (χ1n) is 20.0. The summed E-state index contributed by atoms with van der Waals surface area (Å²) in [5, 5.41) is 15.1. The molecule has 6 aromatic rings. The molecule has 8 rings (SSSR count). The Labute approximate surface area is 349 Å². The first-order chi connectivity index (χ1) is 28.6. The summed E-state index contributed by atoms with van der Waals surface area (Å²) in [6, 6.07) is 3.81. The van der Waals surface area contributed by atoms with Crippen molar-refractivity contribution in [1.82, 2.24) is 50.5 Å². The second-order valence-corrected chi connectivity index (χ2v) is 15.8. The minimum absolute atomic E-state index is 0.0296. The van der Waals surface area contributed by atoms with Crippen LogP contribution in [0.2, 0.25) is 10.0 Å². The number of fused-ring (bicyclic) bond motifs is 2. The number of anilines is 2. The summed E-state index contributed by atoms with van der Waals surface area (Å²) in [6.07, 6.45) is 17.8. The molecule has 0 bridgehead atoms. The molecule has 0 aromatic carbocycles. The van der Waals surface area contributed by atoms with Gasteiger partial charge in [-0.15, -0.1) is 0 Å². The summed E-state index contributed by atoms with van der Waals surface area (Å²) in [7, 11) is 0. The lowest BCUT2D eigenvalue weighted by Gasteiger charge is -2.30. The lowest BCUT2D eigenvalue weighted by atomic mass is 9.91. The van der Waals surface area contributed by atoms with Gasteiger partial charge in [-0.2, -0.15) is 0 Å². The van der Waals surface area contributed by atoms with Crippen molar-refractivity contribution >= 4 is 68.7 Å². The fraction of sp³-hybridized carbons (Fsp3) is 0.415. The van der Waals surface area contributed by atoms with Gasteiger partial charge in [-0.05, 0) is 69.9 Å². The molecule has 310 valence electrons. The number of aromatic nitrogens is 8. The van der Waals surface area contributed by atoms with Crippen molar-refractivity contribution in [1.29, 1.82) is 0 Å². The molecule has 0 radical (unpaired) electrons. The molecule has 0 spiro atoms. The molecule has 2 fully saturated rings. The van der Waals surface area contributed by atoms with Gasteiger partial charge in [0.2, 0.25) is 11.8 Å². The molecule has 18 heteroatoms. The van der Waals surface area contributed by atoms with Crippen LogP contribution in [0.4, 0.5) is 20.4 Å². The van der Waals surface area contributed by atoms with Crippen LogP contribution in [-0.2, 0) is 9.59 Å². The van der Waals surface area contributed by atoms with Gasteiger partial charge in [-0.1, -0.05) is 37.0 Å². The molecule has 14 nitrogen and oxygen atoms in total. The number of aromatic amines is 2. The van der Waals surface area contributed by atoms with Gasteiger partial charge in [0.1, 0.15) is 11.3 Å². The number of carbonyl (C=O) groups is 2. The van der Waals surface area contributed by atoms with Crippen LogP contribution in [0.3, 0.4) is 0 Å². The van der Waals surface area contributed by atoms with Gasteiger partial charge in [0.05, 0.1) is 22.4 Å². The molecule has 2 saturated carbocycles. The highest BCUT2D eigenvalue weighted by Crippen LogP contribution is 2.31. The Bertz CT molecular complexity index is 2430. The van der Waals surface area contributed by atoms with Gasteiger partial charge in [-0.3, -0.25) is 9.59 Å². The molecular weight excluding hydrogens is 801 g/mol. The van der Waals surface area contributed by atoms with E-state index in [1.54, 1.807) is 36.9 Å². The van der Waals surface area contributed by atoms with Crippen LogP contribution in [0, 0.1) is 11.6 Å². The SMILES string of the molecule is CCC(=O)NC1CCCC(Nc2nc(-c3c[nH]c4ncc(Cl)cc34)ncc2F)C1.CCCC(=O)NC1CCCC(Nc2nc(-c3c[nH]c4ncc(Cl)cc34)ncc2F)C1. The summed E-state index contributed by atoms with van der Waals surface area (Å²) in [6.45, 7) is 3.82. The molecule has 2 aliphatic rings. The van der Waals surface area contributed by atoms with E-state index in [0.29, 0.717) is 57.0 Å². The Morgan fingerprint density at radius 1 is 0.678 bits per heavy atom. The zero-order valence-corrected chi connectivity index (χ0v) is 34.2. The molecule has 2 aliphatic carbocycles. The Kier molecular flexibility index (Phi) is 13.5. The third kappa shape index (κ3) is 10.4. The normalized spacial score (nSPS) is 19.2. The maximum atomic E-state index is 14.5. The van der Waals surface area contributed by atoms with Crippen LogP contribution >= 0.6 is 23.2 Å². The van der Waals surface area contributed by atoms with Crippen molar-refractivity contribution < 1.29 is 18.4 Å². The number of pyridine rings is 2. The second kappa shape index (κ2) is 19.1. The van der Waals surface area contributed by atoms with Gasteiger partial charge < -0.3 is 31.2 Å². The summed E-state index contributed by atoms with van der Waals surface area (Å²) in [4.78, 5) is 55.3. The first kappa shape index (κ1) is 41.7. The largest absolute Gasteiger partial charge is 0.365 e. The molecule has 59 heavy (non-hydrogen) atoms. The number of amides is 2. The van der Waals surface area contributed by atoms with Crippen LogP contribution in [0.25, 0.3) is 44.8 Å². The monoisotopic (exact) mass is 846 g/mol. The average Bonchev–Trinajstić information content (AvgIpc) is 3.84. The molecule has 0 aliphatic heterocycles. The summed E-state index contributed by atoms with van der Waals surface area (Å²) < 4.78 is 28.9. The van der Waals surface area contributed by atoms with Crippen LogP contribution in [-0.4, -0.2) is 75.9 Å². The fourth-order valence-electron chi connectivity index (χ4n) is 7.67. The predicted octanol–water partition coefficient (Wildman–Crippen LogP) is 8.51. The zero-order valence-electron chi connectivity index (χ0n) is 32.7. The van der Waals surface area contributed by atoms with E-state index >= 15 is 0 Å². The second-order valence-electron chi connectivity index (χ2n) is 14.9. The molecular formula is C41H46Cl2F2N12O2. The summed E-state index contributed by atoms with van der Waals surface area (Å²) in [5.41, 5.74) is 2.73. The number of hydrogen-bond acceptors (Lipinski definition) is 10. The van der Waals surface area contributed by atoms with Crippen LogP contribution in [0.5, 0.6) is 0 Å². The van der Waals surface area contributed by atoms with Gasteiger partial charge >= 0.3 is 0 Å². The Morgan fingerprint density at radius 2 is 1.14 bits per heavy atom. The molecule has 4 unspecified atom stereocenters. The Balaban J connectivity index is 0.000000179. The molecule has 4 atom stereocenters. The predicted molar refractivity (Wildman–Crippen MR) is 225 cm³/mol. The lowest BCUT2D eigenvalue weighted by Crippen LogP contribution is -2.41. The quantitative estimate of drug-likeness (QED) is 0.0737. The van der Waals surface area contributed by atoms with E-state index in [4.69, 9.17) is 23.2 Å². The number of halogens is 4. The van der Waals surface area contributed by atoms with Gasteiger partial charge in [0, 0.05) is 83.7 Å². The first-order valence-corrected chi connectivity index (χ1v) is 20.7. The van der Waals surface area contributed by atoms with E-state index in [9.17, 15) is 18.4 Å². The third-order valence-corrected chi connectivity index (χ3v) is 10.9. The van der Waals surface area contributed by atoms with Crippen molar-refractivity contribution in [3.05, 3.63) is 71.0 Å². The lowest BCUT2D eigenvalue weighted by molar-refractivity contribution is -0.122. The Hall–Kier alpha value is -5.48. The van der Waals surface area contributed by atoms with Crippen molar-refractivity contribution in [2.75, 3.05) is 10.6 Å². The highest BCUT2D eigenvalue weighted by molar-refractivity contribution is 6.31. The van der Waals surface area contributed by atoms with Gasteiger partial charge in [0.25, 0.3) is 0 Å². The maximum absolute atomic E-state index is 14.5. The number of H-pyrrole nitrogens is 2. The highest BCUT2D eigenvalue weighted by atomic mass is 35.5. The maximum Gasteiger partial charge on any atom is 0.220 e. The van der Waals surface area contributed by atoms with E-state index in [2.05, 4.69) is 61.1 Å². The highest BCUT2D eigenvalue weighted by Gasteiger charge is 2.26. The summed E-state index contributed by atoms with van der Waals surface area (Å²) >= 11 is 12.1. The third-order valence-electron chi connectivity index (χ3n) is 10.5. The number of carbonyl (C=O) groups excluding carboxylic acids is 2. The van der Waals surface area contributed by atoms with E-state index in [-0.39, 0.29) is 47.6 Å². The van der Waals surface area contributed by atoms with Crippen LogP contribution in [0.1, 0.15) is 84.5 Å². The topological polar surface area (TPSA) is 191 Å². The fourth-order valence-corrected chi connectivity index (χ4v) is 7.99. The van der Waals surface area contributed by atoms with E-state index in [0.717, 1.165) is 68.6 Å². The number of nitrogens with zero attached hydrogens (tertiary/aromatic N) is 6. The van der Waals surface area contributed by atoms with Crippen molar-refractivity contribution in [2.45, 2.75) is 109 Å².